The maximum Gasteiger partial charge on any atom is 0.158 e. The summed E-state index contributed by atoms with van der Waals surface area (Å²) in [4.78, 5) is 0. The van der Waals surface area contributed by atoms with Gasteiger partial charge in [0.1, 0.15) is 0 Å². The van der Waals surface area contributed by atoms with Crippen LogP contribution in [0.1, 0.15) is 26.2 Å². The largest absolute Gasteiger partial charge is 0.394 e. The Kier molecular flexibility index (Phi) is 3.83. The second-order valence-corrected chi connectivity index (χ2v) is 2.93. The first-order valence-corrected chi connectivity index (χ1v) is 4.21. The fraction of sp³-hybridized carbons (Fsp3) is 1.00. The normalized spacial score (nSPS) is 28.4. The molecular weight excluding hydrogens is 144 g/mol. The standard InChI is InChI=1S/C8H16O3/c1-7(6-9)11-8-4-2-3-5-10-8/h7-9H,2-6H2,1H3/t7-,8+/m0/s1. The van der Waals surface area contributed by atoms with Crippen LogP contribution in [-0.4, -0.2) is 30.7 Å². The smallest absolute Gasteiger partial charge is 0.158 e. The fourth-order valence-corrected chi connectivity index (χ4v) is 1.12. The molecule has 0 aromatic heterocycles. The van der Waals surface area contributed by atoms with Crippen molar-refractivity contribution in [2.75, 3.05) is 13.2 Å². The van der Waals surface area contributed by atoms with Gasteiger partial charge in [-0.3, -0.25) is 0 Å². The van der Waals surface area contributed by atoms with Crippen LogP contribution in [0.25, 0.3) is 0 Å². The number of aliphatic hydroxyl groups is 1. The maximum absolute atomic E-state index is 8.68. The predicted octanol–water partition coefficient (Wildman–Crippen LogP) is 0.910. The molecule has 1 N–H and O–H groups in total. The summed E-state index contributed by atoms with van der Waals surface area (Å²) in [5.41, 5.74) is 0. The monoisotopic (exact) mass is 160 g/mol. The first-order chi connectivity index (χ1) is 5.33. The fourth-order valence-electron chi connectivity index (χ4n) is 1.12. The number of rotatable bonds is 3. The highest BCUT2D eigenvalue weighted by Gasteiger charge is 2.16. The van der Waals surface area contributed by atoms with Crippen LogP contribution < -0.4 is 0 Å². The van der Waals surface area contributed by atoms with Crippen molar-refractivity contribution in [3.05, 3.63) is 0 Å². The van der Waals surface area contributed by atoms with E-state index in [0.717, 1.165) is 19.4 Å². The Hall–Kier alpha value is -0.120. The molecule has 1 heterocycles. The van der Waals surface area contributed by atoms with Crippen LogP contribution in [0.2, 0.25) is 0 Å². The summed E-state index contributed by atoms with van der Waals surface area (Å²) in [6, 6.07) is 0. The summed E-state index contributed by atoms with van der Waals surface area (Å²) in [6.07, 6.45) is 3.09. The van der Waals surface area contributed by atoms with E-state index in [1.165, 1.54) is 6.42 Å². The van der Waals surface area contributed by atoms with E-state index in [0.29, 0.717) is 0 Å². The van der Waals surface area contributed by atoms with Crippen LogP contribution in [0.15, 0.2) is 0 Å². The van der Waals surface area contributed by atoms with Crippen LogP contribution in [0.5, 0.6) is 0 Å². The van der Waals surface area contributed by atoms with Crippen LogP contribution in [0.4, 0.5) is 0 Å². The van der Waals surface area contributed by atoms with Crippen LogP contribution >= 0.6 is 0 Å². The van der Waals surface area contributed by atoms with Crippen molar-refractivity contribution in [1.29, 1.82) is 0 Å². The van der Waals surface area contributed by atoms with E-state index < -0.39 is 0 Å². The molecule has 2 atom stereocenters. The van der Waals surface area contributed by atoms with Gasteiger partial charge in [0.15, 0.2) is 6.29 Å². The molecule has 0 amide bonds. The SMILES string of the molecule is C[C@@H](CO)O[C@@H]1CCCCO1. The lowest BCUT2D eigenvalue weighted by Gasteiger charge is -2.25. The molecule has 11 heavy (non-hydrogen) atoms. The highest BCUT2D eigenvalue weighted by molar-refractivity contribution is 4.56. The van der Waals surface area contributed by atoms with Gasteiger partial charge >= 0.3 is 0 Å². The Bertz CT molecular complexity index is 99.5. The molecule has 66 valence electrons. The van der Waals surface area contributed by atoms with Crippen molar-refractivity contribution in [2.45, 2.75) is 38.6 Å². The third-order valence-corrected chi connectivity index (χ3v) is 1.78. The van der Waals surface area contributed by atoms with Crippen molar-refractivity contribution < 1.29 is 14.6 Å². The zero-order valence-corrected chi connectivity index (χ0v) is 6.95. The van der Waals surface area contributed by atoms with E-state index >= 15 is 0 Å². The average molecular weight is 160 g/mol. The zero-order valence-electron chi connectivity index (χ0n) is 6.95. The van der Waals surface area contributed by atoms with Crippen molar-refractivity contribution in [1.82, 2.24) is 0 Å². The topological polar surface area (TPSA) is 38.7 Å². The molecule has 0 aromatic carbocycles. The summed E-state index contributed by atoms with van der Waals surface area (Å²) in [5, 5.41) is 8.68. The second kappa shape index (κ2) is 4.70. The highest BCUT2D eigenvalue weighted by Crippen LogP contribution is 2.14. The lowest BCUT2D eigenvalue weighted by molar-refractivity contribution is -0.190. The van der Waals surface area contributed by atoms with Gasteiger partial charge in [-0.25, -0.2) is 0 Å². The molecule has 1 saturated heterocycles. The van der Waals surface area contributed by atoms with Gasteiger partial charge in [0.05, 0.1) is 12.7 Å². The summed E-state index contributed by atoms with van der Waals surface area (Å²) < 4.78 is 10.7. The summed E-state index contributed by atoms with van der Waals surface area (Å²) in [5.74, 6) is 0. The number of aliphatic hydroxyl groups excluding tert-OH is 1. The summed E-state index contributed by atoms with van der Waals surface area (Å²) in [7, 11) is 0. The van der Waals surface area contributed by atoms with Crippen LogP contribution in [0.3, 0.4) is 0 Å². The molecule has 3 heteroatoms. The van der Waals surface area contributed by atoms with Gasteiger partial charge in [-0.05, 0) is 26.2 Å². The lowest BCUT2D eigenvalue weighted by atomic mass is 10.2. The quantitative estimate of drug-likeness (QED) is 0.667. The minimum absolute atomic E-state index is 0.0693. The number of hydrogen-bond acceptors (Lipinski definition) is 3. The van der Waals surface area contributed by atoms with E-state index in [2.05, 4.69) is 0 Å². The van der Waals surface area contributed by atoms with Gasteiger partial charge in [-0.15, -0.1) is 0 Å². The Morgan fingerprint density at radius 3 is 3.00 bits per heavy atom. The molecule has 0 aliphatic carbocycles. The van der Waals surface area contributed by atoms with E-state index in [1.807, 2.05) is 6.92 Å². The maximum atomic E-state index is 8.68. The molecule has 1 aliphatic heterocycles. The summed E-state index contributed by atoms with van der Waals surface area (Å²) >= 11 is 0. The predicted molar refractivity (Wildman–Crippen MR) is 41.2 cm³/mol. The van der Waals surface area contributed by atoms with Crippen LogP contribution in [-0.2, 0) is 9.47 Å². The molecule has 0 aromatic rings. The van der Waals surface area contributed by atoms with Gasteiger partial charge in [0.2, 0.25) is 0 Å². The number of ether oxygens (including phenoxy) is 2. The minimum Gasteiger partial charge on any atom is -0.394 e. The molecule has 1 aliphatic rings. The average Bonchev–Trinajstić information content (AvgIpc) is 2.06. The van der Waals surface area contributed by atoms with Crippen molar-refractivity contribution in [3.63, 3.8) is 0 Å². The van der Waals surface area contributed by atoms with Gasteiger partial charge in [0, 0.05) is 6.61 Å². The zero-order chi connectivity index (χ0) is 8.10. The highest BCUT2D eigenvalue weighted by atomic mass is 16.7. The molecule has 0 unspecified atom stereocenters. The van der Waals surface area contributed by atoms with Crippen molar-refractivity contribution in [3.8, 4) is 0 Å². The second-order valence-electron chi connectivity index (χ2n) is 2.93. The molecule has 0 saturated carbocycles. The molecule has 1 fully saturated rings. The molecule has 0 bridgehead atoms. The van der Waals surface area contributed by atoms with Gasteiger partial charge in [0.25, 0.3) is 0 Å². The van der Waals surface area contributed by atoms with Gasteiger partial charge in [-0.2, -0.15) is 0 Å². The first kappa shape index (κ1) is 8.97. The summed E-state index contributed by atoms with van der Waals surface area (Å²) in [6.45, 7) is 2.71. The van der Waals surface area contributed by atoms with E-state index in [-0.39, 0.29) is 19.0 Å². The Morgan fingerprint density at radius 1 is 1.64 bits per heavy atom. The van der Waals surface area contributed by atoms with Gasteiger partial charge < -0.3 is 14.6 Å². The first-order valence-electron chi connectivity index (χ1n) is 4.21. The van der Waals surface area contributed by atoms with Crippen molar-refractivity contribution >= 4 is 0 Å². The third-order valence-electron chi connectivity index (χ3n) is 1.78. The Morgan fingerprint density at radius 2 is 2.45 bits per heavy atom. The molecule has 3 nitrogen and oxygen atoms in total. The lowest BCUT2D eigenvalue weighted by Crippen LogP contribution is -2.28. The Labute approximate surface area is 67.3 Å². The van der Waals surface area contributed by atoms with Crippen molar-refractivity contribution in [2.24, 2.45) is 0 Å². The molecule has 0 spiro atoms. The Balaban J connectivity index is 2.13. The van der Waals surface area contributed by atoms with Gasteiger partial charge in [-0.1, -0.05) is 0 Å². The van der Waals surface area contributed by atoms with E-state index in [4.69, 9.17) is 14.6 Å². The van der Waals surface area contributed by atoms with Crippen LogP contribution in [0, 0.1) is 0 Å². The minimum atomic E-state index is -0.0990. The molecule has 0 radical (unpaired) electrons. The molecular formula is C8H16O3. The molecule has 1 rings (SSSR count). The third kappa shape index (κ3) is 3.18. The van der Waals surface area contributed by atoms with E-state index in [9.17, 15) is 0 Å². The number of hydrogen-bond donors (Lipinski definition) is 1. The van der Waals surface area contributed by atoms with E-state index in [1.54, 1.807) is 0 Å².